The van der Waals surface area contributed by atoms with Crippen LogP contribution in [0.5, 0.6) is 0 Å². The lowest BCUT2D eigenvalue weighted by atomic mass is 9.86. The van der Waals surface area contributed by atoms with Crippen LogP contribution < -0.4 is 4.90 Å². The topological polar surface area (TPSA) is 3.24 Å². The maximum Gasteiger partial charge on any atom is 0.0588 e. The van der Waals surface area contributed by atoms with Crippen LogP contribution in [-0.2, 0) is 12.8 Å². The molecular formula is C50H37N. The first-order chi connectivity index (χ1) is 25.2. The summed E-state index contributed by atoms with van der Waals surface area (Å²) >= 11 is 0. The Bertz CT molecular complexity index is 2640. The van der Waals surface area contributed by atoms with E-state index >= 15 is 0 Å². The second kappa shape index (κ2) is 11.7. The fourth-order valence-electron chi connectivity index (χ4n) is 8.80. The Kier molecular flexibility index (Phi) is 6.82. The normalized spacial score (nSPS) is 12.4. The fourth-order valence-corrected chi connectivity index (χ4v) is 8.80. The molecule has 0 spiro atoms. The molecule has 0 aromatic heterocycles. The van der Waals surface area contributed by atoms with Gasteiger partial charge in [-0.3, -0.25) is 0 Å². The van der Waals surface area contributed by atoms with Crippen LogP contribution in [0.2, 0.25) is 0 Å². The smallest absolute Gasteiger partial charge is 0.0588 e. The molecule has 0 saturated carbocycles. The molecule has 2 aliphatic rings. The zero-order valence-electron chi connectivity index (χ0n) is 28.9. The van der Waals surface area contributed by atoms with Gasteiger partial charge in [-0.15, -0.1) is 0 Å². The molecule has 1 heteroatoms. The van der Waals surface area contributed by atoms with E-state index in [1.165, 1.54) is 106 Å². The van der Waals surface area contributed by atoms with E-state index < -0.39 is 0 Å². The van der Waals surface area contributed by atoms with Gasteiger partial charge in [-0.05, 0) is 104 Å². The molecule has 51 heavy (non-hydrogen) atoms. The summed E-state index contributed by atoms with van der Waals surface area (Å²) in [7, 11) is 0. The maximum atomic E-state index is 2.69. The third-order valence-corrected chi connectivity index (χ3v) is 11.3. The summed E-state index contributed by atoms with van der Waals surface area (Å²) in [5.41, 5.74) is 22.3. The highest BCUT2D eigenvalue weighted by molar-refractivity contribution is 6.08. The van der Waals surface area contributed by atoms with Crippen molar-refractivity contribution in [2.24, 2.45) is 0 Å². The Hall–Kier alpha value is -6.18. The first-order valence-corrected chi connectivity index (χ1v) is 18.0. The molecule has 0 unspecified atom stereocenters. The van der Waals surface area contributed by atoms with Crippen molar-refractivity contribution in [2.75, 3.05) is 4.90 Å². The lowest BCUT2D eigenvalue weighted by Crippen LogP contribution is -2.18. The molecule has 0 heterocycles. The molecule has 0 amide bonds. The van der Waals surface area contributed by atoms with Crippen LogP contribution in [0.15, 0.2) is 164 Å². The van der Waals surface area contributed by atoms with Gasteiger partial charge in [0.1, 0.15) is 0 Å². The molecule has 0 saturated heterocycles. The van der Waals surface area contributed by atoms with Crippen molar-refractivity contribution in [2.45, 2.75) is 26.7 Å². The highest BCUT2D eigenvalue weighted by Gasteiger charge is 2.34. The number of fused-ring (bicyclic) bond motifs is 7. The predicted molar refractivity (Wildman–Crippen MR) is 215 cm³/mol. The molecule has 0 radical (unpaired) electrons. The standard InChI is InChI=1S/C50H37N/c1-32-28-43-39-24-12-10-21-37(39)29-45(43)49(33(32)2)51(47-27-15-23-34-18-9-14-26-41(34)47)50-46-30-38-22-11-13-25-40(38)44(46)31-42(35-16-5-3-6-17-35)48(50)36-19-7-4-8-20-36/h3-28,31H,29-30H2,1-2H3. The van der Waals surface area contributed by atoms with Gasteiger partial charge in [0.25, 0.3) is 0 Å². The van der Waals surface area contributed by atoms with Crippen LogP contribution in [0.1, 0.15) is 33.4 Å². The molecule has 10 rings (SSSR count). The summed E-state index contributed by atoms with van der Waals surface area (Å²) in [6.07, 6.45) is 1.79. The molecule has 2 aliphatic carbocycles. The molecule has 0 atom stereocenters. The average Bonchev–Trinajstić information content (AvgIpc) is 3.75. The summed E-state index contributed by atoms with van der Waals surface area (Å²) in [5, 5.41) is 2.49. The minimum absolute atomic E-state index is 0.879. The Morgan fingerprint density at radius 1 is 0.431 bits per heavy atom. The third kappa shape index (κ3) is 4.62. The molecule has 8 aromatic carbocycles. The second-order valence-corrected chi connectivity index (χ2v) is 14.1. The van der Waals surface area contributed by atoms with Crippen molar-refractivity contribution in [3.05, 3.63) is 197 Å². The number of nitrogens with zero attached hydrogens (tertiary/aromatic N) is 1. The number of hydrogen-bond acceptors (Lipinski definition) is 1. The zero-order valence-corrected chi connectivity index (χ0v) is 28.9. The first-order valence-electron chi connectivity index (χ1n) is 18.0. The Labute approximate surface area is 300 Å². The Morgan fingerprint density at radius 3 is 1.69 bits per heavy atom. The lowest BCUT2D eigenvalue weighted by molar-refractivity contribution is 1.15. The minimum atomic E-state index is 0.879. The van der Waals surface area contributed by atoms with Crippen LogP contribution >= 0.6 is 0 Å². The van der Waals surface area contributed by atoms with Gasteiger partial charge in [0.2, 0.25) is 0 Å². The molecule has 242 valence electrons. The molecule has 0 fully saturated rings. The molecular weight excluding hydrogens is 615 g/mol. The van der Waals surface area contributed by atoms with Crippen LogP contribution in [0, 0.1) is 13.8 Å². The van der Waals surface area contributed by atoms with E-state index in [1.54, 1.807) is 0 Å². The summed E-state index contributed by atoms with van der Waals surface area (Å²) in [4.78, 5) is 2.69. The quantitative estimate of drug-likeness (QED) is 0.179. The van der Waals surface area contributed by atoms with E-state index in [-0.39, 0.29) is 0 Å². The SMILES string of the molecule is Cc1cc2c(c(N(c3c4c(cc(-c5ccccc5)c3-c3ccccc3)-c3ccccc3C4)c3cccc4ccccc34)c1C)Cc1ccccc1-2. The summed E-state index contributed by atoms with van der Waals surface area (Å²) < 4.78 is 0. The lowest BCUT2D eigenvalue weighted by Gasteiger charge is -2.35. The number of benzene rings is 8. The molecule has 0 bridgehead atoms. The van der Waals surface area contributed by atoms with Gasteiger partial charge in [0, 0.05) is 23.8 Å². The summed E-state index contributed by atoms with van der Waals surface area (Å²) in [5.74, 6) is 0. The third-order valence-electron chi connectivity index (χ3n) is 11.3. The number of anilines is 3. The van der Waals surface area contributed by atoms with Crippen molar-refractivity contribution in [3.8, 4) is 44.5 Å². The van der Waals surface area contributed by atoms with Crippen molar-refractivity contribution < 1.29 is 0 Å². The largest absolute Gasteiger partial charge is 0.308 e. The minimum Gasteiger partial charge on any atom is -0.308 e. The number of rotatable bonds is 5. The van der Waals surface area contributed by atoms with Gasteiger partial charge in [-0.1, -0.05) is 152 Å². The van der Waals surface area contributed by atoms with Crippen molar-refractivity contribution in [1.82, 2.24) is 0 Å². The average molecular weight is 652 g/mol. The van der Waals surface area contributed by atoms with E-state index in [0.29, 0.717) is 0 Å². The van der Waals surface area contributed by atoms with Gasteiger partial charge >= 0.3 is 0 Å². The van der Waals surface area contributed by atoms with Gasteiger partial charge in [0.05, 0.1) is 17.1 Å². The van der Waals surface area contributed by atoms with Crippen LogP contribution in [0.3, 0.4) is 0 Å². The monoisotopic (exact) mass is 651 g/mol. The van der Waals surface area contributed by atoms with E-state index in [0.717, 1.165) is 12.8 Å². The van der Waals surface area contributed by atoms with Crippen molar-refractivity contribution >= 4 is 27.8 Å². The Morgan fingerprint density at radius 2 is 0.980 bits per heavy atom. The van der Waals surface area contributed by atoms with Crippen LogP contribution in [0.25, 0.3) is 55.3 Å². The van der Waals surface area contributed by atoms with E-state index in [2.05, 4.69) is 183 Å². The maximum absolute atomic E-state index is 2.69. The van der Waals surface area contributed by atoms with E-state index in [1.807, 2.05) is 0 Å². The molecule has 0 N–H and O–H groups in total. The van der Waals surface area contributed by atoms with E-state index in [4.69, 9.17) is 0 Å². The number of aryl methyl sites for hydroxylation is 1. The number of hydrogen-bond donors (Lipinski definition) is 0. The fraction of sp³-hybridized carbons (Fsp3) is 0.0800. The predicted octanol–water partition coefficient (Wildman–Crippen LogP) is 13.4. The van der Waals surface area contributed by atoms with Crippen LogP contribution in [-0.4, -0.2) is 0 Å². The highest BCUT2D eigenvalue weighted by Crippen LogP contribution is 2.57. The van der Waals surface area contributed by atoms with Gasteiger partial charge < -0.3 is 4.90 Å². The van der Waals surface area contributed by atoms with Gasteiger partial charge in [-0.2, -0.15) is 0 Å². The molecule has 0 aliphatic heterocycles. The second-order valence-electron chi connectivity index (χ2n) is 14.1. The molecule has 1 nitrogen and oxygen atoms in total. The van der Waals surface area contributed by atoms with E-state index in [9.17, 15) is 0 Å². The van der Waals surface area contributed by atoms with Gasteiger partial charge in [-0.25, -0.2) is 0 Å². The Balaban J connectivity index is 1.41. The molecule has 8 aromatic rings. The van der Waals surface area contributed by atoms with Crippen LogP contribution in [0.4, 0.5) is 17.1 Å². The summed E-state index contributed by atoms with van der Waals surface area (Å²) in [6.45, 7) is 4.63. The summed E-state index contributed by atoms with van der Waals surface area (Å²) in [6, 6.07) is 60.7. The van der Waals surface area contributed by atoms with Crippen molar-refractivity contribution in [1.29, 1.82) is 0 Å². The van der Waals surface area contributed by atoms with Crippen molar-refractivity contribution in [3.63, 3.8) is 0 Å². The first kappa shape index (κ1) is 29.7. The highest BCUT2D eigenvalue weighted by atomic mass is 15.2. The zero-order chi connectivity index (χ0) is 34.1. The van der Waals surface area contributed by atoms with Gasteiger partial charge in [0.15, 0.2) is 0 Å².